The molecule has 4 heterocycles. The maximum atomic E-state index is 12.5. The van der Waals surface area contributed by atoms with Crippen molar-refractivity contribution in [1.29, 1.82) is 0 Å². The first kappa shape index (κ1) is 17.3. The van der Waals surface area contributed by atoms with Crippen LogP contribution in [0.2, 0.25) is 0 Å². The van der Waals surface area contributed by atoms with Crippen molar-refractivity contribution in [3.8, 4) is 0 Å². The van der Waals surface area contributed by atoms with Gasteiger partial charge in [0.25, 0.3) is 5.91 Å². The Morgan fingerprint density at radius 1 is 1.19 bits per heavy atom. The quantitative estimate of drug-likeness (QED) is 0.715. The number of carbonyl (C=O) groups is 1. The van der Waals surface area contributed by atoms with Crippen molar-refractivity contribution in [2.75, 3.05) is 30.4 Å². The summed E-state index contributed by atoms with van der Waals surface area (Å²) in [6.07, 6.45) is 8.10. The van der Waals surface area contributed by atoms with Gasteiger partial charge in [-0.15, -0.1) is 0 Å². The van der Waals surface area contributed by atoms with E-state index in [1.165, 1.54) is 0 Å². The molecule has 140 valence electrons. The van der Waals surface area contributed by atoms with Gasteiger partial charge in [0, 0.05) is 25.3 Å². The number of hydrogen-bond acceptors (Lipinski definition) is 7. The van der Waals surface area contributed by atoms with E-state index in [2.05, 4.69) is 35.5 Å². The highest BCUT2D eigenvalue weighted by Crippen LogP contribution is 2.19. The van der Waals surface area contributed by atoms with Crippen LogP contribution in [0.25, 0.3) is 5.65 Å². The highest BCUT2D eigenvalue weighted by molar-refractivity contribution is 6.00. The monoisotopic (exact) mass is 366 g/mol. The van der Waals surface area contributed by atoms with Gasteiger partial charge < -0.3 is 19.9 Å². The number of hydrogen-bond donors (Lipinski definition) is 2. The summed E-state index contributed by atoms with van der Waals surface area (Å²) < 4.78 is 1.85. The number of amides is 1. The van der Waals surface area contributed by atoms with Crippen LogP contribution in [0.4, 0.5) is 11.5 Å². The zero-order chi connectivity index (χ0) is 19.0. The first-order valence-corrected chi connectivity index (χ1v) is 8.92. The second kappa shape index (κ2) is 6.92. The number of nitrogens with zero attached hydrogens (tertiary/aromatic N) is 6. The molecule has 3 aromatic heterocycles. The summed E-state index contributed by atoms with van der Waals surface area (Å²) in [4.78, 5) is 31.9. The minimum atomic E-state index is -0.390. The molecule has 1 atom stereocenters. The molecule has 1 aliphatic heterocycles. The molecule has 0 saturated carbocycles. The first-order chi connectivity index (χ1) is 13.0. The van der Waals surface area contributed by atoms with Gasteiger partial charge in [0.2, 0.25) is 5.82 Å². The number of anilines is 2. The third kappa shape index (κ3) is 3.45. The highest BCUT2D eigenvalue weighted by Gasteiger charge is 2.22. The number of aromatic nitrogens is 5. The number of rotatable bonds is 4. The highest BCUT2D eigenvalue weighted by atomic mass is 16.2. The lowest BCUT2D eigenvalue weighted by Gasteiger charge is -2.17. The predicted octanol–water partition coefficient (Wildman–Crippen LogP) is 1.19. The molecule has 1 aliphatic rings. The molecule has 9 heteroatoms. The first-order valence-electron chi connectivity index (χ1n) is 8.92. The average Bonchev–Trinajstić information content (AvgIpc) is 3.28. The molecule has 9 nitrogen and oxygen atoms in total. The Balaban J connectivity index is 1.48. The number of nitrogens with one attached hydrogen (secondary N) is 2. The molecule has 0 bridgehead atoms. The van der Waals surface area contributed by atoms with Crippen molar-refractivity contribution in [1.82, 2.24) is 29.7 Å². The van der Waals surface area contributed by atoms with Gasteiger partial charge in [-0.1, -0.05) is 0 Å². The Morgan fingerprint density at radius 3 is 2.67 bits per heavy atom. The van der Waals surface area contributed by atoms with Crippen molar-refractivity contribution in [3.63, 3.8) is 0 Å². The molecular formula is C18H22N8O. The van der Waals surface area contributed by atoms with Crippen LogP contribution in [-0.2, 0) is 0 Å². The van der Waals surface area contributed by atoms with Crippen LogP contribution in [0.1, 0.15) is 28.4 Å². The van der Waals surface area contributed by atoms with E-state index in [1.54, 1.807) is 18.6 Å². The van der Waals surface area contributed by atoms with Gasteiger partial charge in [-0.2, -0.15) is 0 Å². The molecule has 0 aliphatic carbocycles. The van der Waals surface area contributed by atoms with E-state index in [0.29, 0.717) is 11.9 Å². The van der Waals surface area contributed by atoms with Crippen LogP contribution in [0.5, 0.6) is 0 Å². The zero-order valence-electron chi connectivity index (χ0n) is 15.6. The van der Waals surface area contributed by atoms with Crippen LogP contribution in [0, 0.1) is 13.8 Å². The van der Waals surface area contributed by atoms with E-state index in [-0.39, 0.29) is 11.7 Å². The fourth-order valence-electron chi connectivity index (χ4n) is 3.34. The number of aryl methyl sites for hydroxylation is 2. The Kier molecular flexibility index (Phi) is 4.44. The second-order valence-electron chi connectivity index (χ2n) is 6.76. The van der Waals surface area contributed by atoms with E-state index in [1.807, 2.05) is 31.5 Å². The number of likely N-dealkylation sites (N-methyl/N-ethyl adjacent to an activating group) is 1. The van der Waals surface area contributed by atoms with E-state index in [0.717, 1.165) is 42.2 Å². The number of carbonyl (C=O) groups excluding carboxylic acids is 1. The Bertz CT molecular complexity index is 981. The third-order valence-electron chi connectivity index (χ3n) is 4.77. The molecule has 1 amide bonds. The minimum absolute atomic E-state index is 0.115. The Morgan fingerprint density at radius 2 is 1.96 bits per heavy atom. The molecule has 4 rings (SSSR count). The molecule has 1 saturated heterocycles. The normalized spacial score (nSPS) is 16.9. The summed E-state index contributed by atoms with van der Waals surface area (Å²) in [7, 11) is 1.97. The fourth-order valence-corrected chi connectivity index (χ4v) is 3.34. The van der Waals surface area contributed by atoms with Crippen LogP contribution in [0.3, 0.4) is 0 Å². The Labute approximate surface area is 156 Å². The van der Waals surface area contributed by atoms with Gasteiger partial charge in [0.15, 0.2) is 5.65 Å². The standard InChI is InChI=1S/C18H22N8O/c1-11-8-26-10-15(23-12(2)17(26)22-11)24-18(27)16-20-6-14(7-21-16)25-5-4-13(9-25)19-3/h6-8,10,13,19H,4-5,9H2,1-3H3,(H,24,27)/t13-/m1/s1. The number of imidazole rings is 1. The van der Waals surface area contributed by atoms with Gasteiger partial charge >= 0.3 is 0 Å². The minimum Gasteiger partial charge on any atom is -0.367 e. The summed E-state index contributed by atoms with van der Waals surface area (Å²) >= 11 is 0. The van der Waals surface area contributed by atoms with E-state index in [9.17, 15) is 4.79 Å². The van der Waals surface area contributed by atoms with Crippen LogP contribution >= 0.6 is 0 Å². The molecule has 2 N–H and O–H groups in total. The largest absolute Gasteiger partial charge is 0.367 e. The van der Waals surface area contributed by atoms with Crippen molar-refractivity contribution in [2.45, 2.75) is 26.3 Å². The van der Waals surface area contributed by atoms with Gasteiger partial charge in [0.1, 0.15) is 5.82 Å². The lowest BCUT2D eigenvalue weighted by molar-refractivity contribution is 0.101. The maximum Gasteiger partial charge on any atom is 0.294 e. The smallest absolute Gasteiger partial charge is 0.294 e. The summed E-state index contributed by atoms with van der Waals surface area (Å²) in [5, 5.41) is 6.04. The van der Waals surface area contributed by atoms with Crippen molar-refractivity contribution in [3.05, 3.63) is 42.0 Å². The summed E-state index contributed by atoms with van der Waals surface area (Å²) in [5.41, 5.74) is 3.33. The van der Waals surface area contributed by atoms with E-state index < -0.39 is 0 Å². The summed E-state index contributed by atoms with van der Waals surface area (Å²) in [6.45, 7) is 5.64. The lowest BCUT2D eigenvalue weighted by Crippen LogP contribution is -2.29. The SMILES string of the molecule is CN[C@@H]1CCN(c2cnc(C(=O)Nc3cn4cc(C)nc4c(C)n3)nc2)C1. The van der Waals surface area contributed by atoms with Gasteiger partial charge in [-0.3, -0.25) is 4.79 Å². The molecule has 3 aromatic rings. The molecule has 0 unspecified atom stereocenters. The van der Waals surface area contributed by atoms with Crippen molar-refractivity contribution >= 4 is 23.1 Å². The topological polar surface area (TPSA) is 100 Å². The molecule has 0 aromatic carbocycles. The van der Waals surface area contributed by atoms with Gasteiger partial charge in [-0.05, 0) is 27.3 Å². The molecule has 27 heavy (non-hydrogen) atoms. The average molecular weight is 366 g/mol. The maximum absolute atomic E-state index is 12.5. The van der Waals surface area contributed by atoms with E-state index >= 15 is 0 Å². The van der Waals surface area contributed by atoms with Gasteiger partial charge in [-0.25, -0.2) is 19.9 Å². The van der Waals surface area contributed by atoms with E-state index in [4.69, 9.17) is 0 Å². The van der Waals surface area contributed by atoms with Crippen molar-refractivity contribution < 1.29 is 4.79 Å². The third-order valence-corrected chi connectivity index (χ3v) is 4.77. The predicted molar refractivity (Wildman–Crippen MR) is 102 cm³/mol. The molecular weight excluding hydrogens is 344 g/mol. The van der Waals surface area contributed by atoms with Crippen LogP contribution in [-0.4, -0.2) is 56.4 Å². The zero-order valence-corrected chi connectivity index (χ0v) is 15.6. The van der Waals surface area contributed by atoms with Crippen LogP contribution in [0.15, 0.2) is 24.8 Å². The van der Waals surface area contributed by atoms with Crippen LogP contribution < -0.4 is 15.5 Å². The Hall–Kier alpha value is -3.07. The van der Waals surface area contributed by atoms with Crippen molar-refractivity contribution in [2.24, 2.45) is 0 Å². The molecule has 0 radical (unpaired) electrons. The molecule has 1 fully saturated rings. The number of fused-ring (bicyclic) bond motifs is 1. The summed E-state index contributed by atoms with van der Waals surface area (Å²) in [5.74, 6) is 0.162. The molecule has 0 spiro atoms. The lowest BCUT2D eigenvalue weighted by atomic mass is 10.3. The fraction of sp³-hybridized carbons (Fsp3) is 0.389. The second-order valence-corrected chi connectivity index (χ2v) is 6.76. The van der Waals surface area contributed by atoms with Gasteiger partial charge in [0.05, 0.1) is 35.7 Å². The summed E-state index contributed by atoms with van der Waals surface area (Å²) in [6, 6.07) is 0.476.